The fourth-order valence-corrected chi connectivity index (χ4v) is 7.71. The maximum absolute atomic E-state index is 2.46. The van der Waals surface area contributed by atoms with Crippen molar-refractivity contribution in [3.8, 4) is 33.4 Å². The number of benzene rings is 7. The maximum Gasteiger partial charge on any atom is 0.0159 e. The molecule has 1 aliphatic carbocycles. The van der Waals surface area contributed by atoms with E-state index in [0.29, 0.717) is 0 Å². The molecule has 0 N–H and O–H groups in total. The van der Waals surface area contributed by atoms with Gasteiger partial charge in [0.1, 0.15) is 0 Å². The van der Waals surface area contributed by atoms with Crippen molar-refractivity contribution in [1.29, 1.82) is 0 Å². The Labute approximate surface area is 254 Å². The highest BCUT2D eigenvalue weighted by atomic mass is 14.4. The number of hydrogen-bond acceptors (Lipinski definition) is 0. The molecule has 0 aliphatic heterocycles. The molecule has 0 aromatic heterocycles. The molecule has 0 saturated carbocycles. The van der Waals surface area contributed by atoms with Gasteiger partial charge in [-0.3, -0.25) is 0 Å². The van der Waals surface area contributed by atoms with Gasteiger partial charge in [0.05, 0.1) is 0 Å². The molecule has 1 aliphatic rings. The normalized spacial score (nSPS) is 13.9. The van der Waals surface area contributed by atoms with E-state index < -0.39 is 0 Å². The largest absolute Gasteiger partial charge is 0.0619 e. The SMILES string of the molecule is CC(C)(C)c1c2ccccc2c(-c2ccc3ccccc3c2)c2ccc(-c3ccc4c(c3)C(C)(C)c3ccccc3-4)cc12. The average molecular weight is 553 g/mol. The van der Waals surface area contributed by atoms with Crippen molar-refractivity contribution < 1.29 is 0 Å². The average Bonchev–Trinajstić information content (AvgIpc) is 3.24. The zero-order valence-electron chi connectivity index (χ0n) is 25.6. The zero-order valence-corrected chi connectivity index (χ0v) is 25.6. The van der Waals surface area contributed by atoms with E-state index in [-0.39, 0.29) is 10.8 Å². The smallest absolute Gasteiger partial charge is 0.0159 e. The van der Waals surface area contributed by atoms with E-state index >= 15 is 0 Å². The summed E-state index contributed by atoms with van der Waals surface area (Å²) in [7, 11) is 0. The third-order valence-electron chi connectivity index (χ3n) is 9.73. The summed E-state index contributed by atoms with van der Waals surface area (Å²) >= 11 is 0. The van der Waals surface area contributed by atoms with Gasteiger partial charge in [0.15, 0.2) is 0 Å². The highest BCUT2D eigenvalue weighted by Gasteiger charge is 2.35. The summed E-state index contributed by atoms with van der Waals surface area (Å²) in [5.74, 6) is 0. The minimum Gasteiger partial charge on any atom is -0.0619 e. The van der Waals surface area contributed by atoms with Gasteiger partial charge in [0, 0.05) is 5.41 Å². The highest BCUT2D eigenvalue weighted by Crippen LogP contribution is 2.50. The van der Waals surface area contributed by atoms with Gasteiger partial charge in [0.25, 0.3) is 0 Å². The molecule has 7 aromatic carbocycles. The van der Waals surface area contributed by atoms with Crippen molar-refractivity contribution >= 4 is 32.3 Å². The number of fused-ring (bicyclic) bond motifs is 6. The topological polar surface area (TPSA) is 0 Å². The lowest BCUT2D eigenvalue weighted by atomic mass is 9.77. The van der Waals surface area contributed by atoms with Crippen molar-refractivity contribution in [3.05, 3.63) is 144 Å². The summed E-state index contributed by atoms with van der Waals surface area (Å²) in [6.07, 6.45) is 0. The molecule has 208 valence electrons. The summed E-state index contributed by atoms with van der Waals surface area (Å²) < 4.78 is 0. The molecule has 0 unspecified atom stereocenters. The van der Waals surface area contributed by atoms with Gasteiger partial charge < -0.3 is 0 Å². The van der Waals surface area contributed by atoms with Gasteiger partial charge in [-0.05, 0) is 106 Å². The quantitative estimate of drug-likeness (QED) is 0.187. The van der Waals surface area contributed by atoms with Crippen LogP contribution in [-0.2, 0) is 10.8 Å². The Kier molecular flexibility index (Phi) is 5.53. The molecule has 0 atom stereocenters. The minimum absolute atomic E-state index is 0.0190. The van der Waals surface area contributed by atoms with Crippen LogP contribution in [0.5, 0.6) is 0 Å². The second-order valence-electron chi connectivity index (χ2n) is 13.8. The van der Waals surface area contributed by atoms with E-state index in [1.165, 1.54) is 82.4 Å². The van der Waals surface area contributed by atoms with E-state index in [2.05, 4.69) is 162 Å². The summed E-state index contributed by atoms with van der Waals surface area (Å²) in [6.45, 7) is 11.8. The molecule has 0 amide bonds. The van der Waals surface area contributed by atoms with Crippen molar-refractivity contribution in [1.82, 2.24) is 0 Å². The zero-order chi connectivity index (χ0) is 29.5. The van der Waals surface area contributed by atoms with Crippen LogP contribution < -0.4 is 0 Å². The van der Waals surface area contributed by atoms with Crippen LogP contribution in [0.15, 0.2) is 127 Å². The van der Waals surface area contributed by atoms with E-state index in [4.69, 9.17) is 0 Å². The molecule has 0 nitrogen and oxygen atoms in total. The summed E-state index contributed by atoms with van der Waals surface area (Å²) in [6, 6.07) is 47.8. The molecule has 0 radical (unpaired) electrons. The van der Waals surface area contributed by atoms with E-state index in [1.54, 1.807) is 0 Å². The maximum atomic E-state index is 2.46. The van der Waals surface area contributed by atoms with Gasteiger partial charge in [-0.25, -0.2) is 0 Å². The van der Waals surface area contributed by atoms with E-state index in [0.717, 1.165) is 0 Å². The number of rotatable bonds is 2. The van der Waals surface area contributed by atoms with Gasteiger partial charge in [-0.2, -0.15) is 0 Å². The molecule has 0 bridgehead atoms. The fraction of sp³-hybridized carbons (Fsp3) is 0.163. The Balaban J connectivity index is 1.41. The second-order valence-corrected chi connectivity index (χ2v) is 13.8. The minimum atomic E-state index is -0.0278. The molecule has 0 fully saturated rings. The van der Waals surface area contributed by atoms with Gasteiger partial charge >= 0.3 is 0 Å². The van der Waals surface area contributed by atoms with Gasteiger partial charge in [0.2, 0.25) is 0 Å². The van der Waals surface area contributed by atoms with E-state index in [9.17, 15) is 0 Å². The molecular weight excluding hydrogens is 516 g/mol. The van der Waals surface area contributed by atoms with Crippen molar-refractivity contribution in [2.24, 2.45) is 0 Å². The Morgan fingerprint density at radius 2 is 1.05 bits per heavy atom. The molecular formula is C43H36. The van der Waals surface area contributed by atoms with Crippen LogP contribution in [-0.4, -0.2) is 0 Å². The summed E-state index contributed by atoms with van der Waals surface area (Å²) in [5.41, 5.74) is 12.1. The Morgan fingerprint density at radius 3 is 1.86 bits per heavy atom. The molecule has 7 aromatic rings. The first-order chi connectivity index (χ1) is 20.7. The van der Waals surface area contributed by atoms with Crippen molar-refractivity contribution in [2.75, 3.05) is 0 Å². The van der Waals surface area contributed by atoms with Crippen LogP contribution >= 0.6 is 0 Å². The van der Waals surface area contributed by atoms with E-state index in [1.807, 2.05) is 0 Å². The van der Waals surface area contributed by atoms with Crippen LogP contribution in [0.1, 0.15) is 51.3 Å². The molecule has 0 heterocycles. The first-order valence-corrected chi connectivity index (χ1v) is 15.4. The fourth-order valence-electron chi connectivity index (χ4n) is 7.71. The van der Waals surface area contributed by atoms with Crippen LogP contribution in [0.3, 0.4) is 0 Å². The summed E-state index contributed by atoms with van der Waals surface area (Å²) in [5, 5.41) is 7.87. The predicted molar refractivity (Wildman–Crippen MR) is 186 cm³/mol. The van der Waals surface area contributed by atoms with Crippen LogP contribution in [0.4, 0.5) is 0 Å². The first-order valence-electron chi connectivity index (χ1n) is 15.4. The number of hydrogen-bond donors (Lipinski definition) is 0. The Morgan fingerprint density at radius 1 is 0.442 bits per heavy atom. The summed E-state index contributed by atoms with van der Waals surface area (Å²) in [4.78, 5) is 0. The molecule has 43 heavy (non-hydrogen) atoms. The highest BCUT2D eigenvalue weighted by molar-refractivity contribution is 6.16. The first kappa shape index (κ1) is 26.0. The molecule has 0 spiro atoms. The van der Waals surface area contributed by atoms with Crippen molar-refractivity contribution in [2.45, 2.75) is 45.4 Å². The van der Waals surface area contributed by atoms with Gasteiger partial charge in [-0.15, -0.1) is 0 Å². The third kappa shape index (κ3) is 3.90. The lowest BCUT2D eigenvalue weighted by Gasteiger charge is -2.27. The lowest BCUT2D eigenvalue weighted by molar-refractivity contribution is 0.601. The van der Waals surface area contributed by atoms with Crippen LogP contribution in [0.2, 0.25) is 0 Å². The van der Waals surface area contributed by atoms with Crippen molar-refractivity contribution in [3.63, 3.8) is 0 Å². The van der Waals surface area contributed by atoms with Crippen LogP contribution in [0, 0.1) is 0 Å². The predicted octanol–water partition coefficient (Wildman–Crippen LogP) is 12.1. The standard InChI is InChI=1S/C43H36/c1-42(2,3)41-36-16-9-8-15-34(36)40(31-19-18-27-12-6-7-13-28(27)24-31)35-23-21-29(25-37(35)41)30-20-22-33-32-14-10-11-17-38(32)43(4,5)39(33)26-30/h6-26H,1-5H3. The monoisotopic (exact) mass is 552 g/mol. The Bertz CT molecular complexity index is 2240. The van der Waals surface area contributed by atoms with Crippen LogP contribution in [0.25, 0.3) is 65.7 Å². The molecule has 8 rings (SSSR count). The second kappa shape index (κ2) is 9.16. The molecule has 0 heteroatoms. The lowest BCUT2D eigenvalue weighted by Crippen LogP contribution is -2.14. The molecule has 0 saturated heterocycles. The Hall–Kier alpha value is -4.68. The third-order valence-corrected chi connectivity index (χ3v) is 9.73. The van der Waals surface area contributed by atoms with Gasteiger partial charge in [-0.1, -0.05) is 144 Å².